The number of hydrogen-bond donors (Lipinski definition) is 2. The maximum atomic E-state index is 4.55. The lowest BCUT2D eigenvalue weighted by Crippen LogP contribution is -2.08. The molecule has 0 bridgehead atoms. The maximum absolute atomic E-state index is 4.55. The molecular formula is C14H22N4S. The van der Waals surface area contributed by atoms with Gasteiger partial charge in [-0.05, 0) is 37.1 Å². The monoisotopic (exact) mass is 278 g/mol. The highest BCUT2D eigenvalue weighted by Crippen LogP contribution is 2.26. The minimum atomic E-state index is 0.712. The zero-order valence-electron chi connectivity index (χ0n) is 11.9. The smallest absolute Gasteiger partial charge is 0.226 e. The summed E-state index contributed by atoms with van der Waals surface area (Å²) in [4.78, 5) is 10.1. The molecule has 2 rings (SSSR count). The van der Waals surface area contributed by atoms with Crippen molar-refractivity contribution in [2.45, 2.75) is 33.6 Å². The van der Waals surface area contributed by atoms with E-state index in [1.165, 1.54) is 12.8 Å². The molecule has 2 heterocycles. The molecule has 0 amide bonds. The molecule has 2 aromatic heterocycles. The van der Waals surface area contributed by atoms with Crippen molar-refractivity contribution in [2.24, 2.45) is 5.92 Å². The number of hydrogen-bond acceptors (Lipinski definition) is 5. The standard InChI is InChI=1S/C14H22N4S/c1-4-15-14-17-12(16-8-5-6-10(2)3)11-7-9-19-13(11)18-14/h7,9-10H,4-6,8H2,1-3H3,(H2,15,16,17,18). The predicted molar refractivity (Wildman–Crippen MR) is 84.1 cm³/mol. The lowest BCUT2D eigenvalue weighted by molar-refractivity contribution is 0.567. The van der Waals surface area contributed by atoms with E-state index in [-0.39, 0.29) is 0 Å². The van der Waals surface area contributed by atoms with E-state index in [9.17, 15) is 0 Å². The lowest BCUT2D eigenvalue weighted by Gasteiger charge is -2.10. The van der Waals surface area contributed by atoms with E-state index < -0.39 is 0 Å². The number of nitrogens with one attached hydrogen (secondary N) is 2. The third kappa shape index (κ3) is 3.80. The first kappa shape index (κ1) is 14.1. The zero-order chi connectivity index (χ0) is 13.7. The third-order valence-electron chi connectivity index (χ3n) is 2.91. The van der Waals surface area contributed by atoms with Gasteiger partial charge in [-0.2, -0.15) is 4.98 Å². The molecule has 104 valence electrons. The summed E-state index contributed by atoms with van der Waals surface area (Å²) >= 11 is 1.65. The predicted octanol–water partition coefficient (Wildman–Crippen LogP) is 3.97. The van der Waals surface area contributed by atoms with Gasteiger partial charge >= 0.3 is 0 Å². The Morgan fingerprint density at radius 3 is 2.84 bits per heavy atom. The van der Waals surface area contributed by atoms with E-state index in [4.69, 9.17) is 0 Å². The fraction of sp³-hybridized carbons (Fsp3) is 0.571. The summed E-state index contributed by atoms with van der Waals surface area (Å²) in [6, 6.07) is 2.08. The van der Waals surface area contributed by atoms with E-state index in [0.29, 0.717) is 5.95 Å². The van der Waals surface area contributed by atoms with Crippen LogP contribution in [0.3, 0.4) is 0 Å². The average Bonchev–Trinajstić information content (AvgIpc) is 2.83. The van der Waals surface area contributed by atoms with Crippen molar-refractivity contribution in [2.75, 3.05) is 23.7 Å². The number of thiophene rings is 1. The van der Waals surface area contributed by atoms with E-state index in [1.807, 2.05) is 0 Å². The molecule has 0 radical (unpaired) electrons. The van der Waals surface area contributed by atoms with Gasteiger partial charge in [-0.3, -0.25) is 0 Å². The van der Waals surface area contributed by atoms with Gasteiger partial charge in [0, 0.05) is 13.1 Å². The summed E-state index contributed by atoms with van der Waals surface area (Å²) in [5, 5.41) is 9.81. The highest BCUT2D eigenvalue weighted by atomic mass is 32.1. The Bertz CT molecular complexity index is 521. The van der Waals surface area contributed by atoms with E-state index >= 15 is 0 Å². The van der Waals surface area contributed by atoms with Gasteiger partial charge in [0.25, 0.3) is 0 Å². The van der Waals surface area contributed by atoms with Crippen LogP contribution in [0.5, 0.6) is 0 Å². The molecule has 19 heavy (non-hydrogen) atoms. The first-order valence-corrected chi connectivity index (χ1v) is 7.81. The van der Waals surface area contributed by atoms with Crippen molar-refractivity contribution >= 4 is 33.3 Å². The zero-order valence-corrected chi connectivity index (χ0v) is 12.7. The molecule has 0 unspecified atom stereocenters. The highest BCUT2D eigenvalue weighted by molar-refractivity contribution is 7.16. The summed E-state index contributed by atoms with van der Waals surface area (Å²) in [5.74, 6) is 2.42. The molecular weight excluding hydrogens is 256 g/mol. The van der Waals surface area contributed by atoms with Crippen molar-refractivity contribution in [3.63, 3.8) is 0 Å². The van der Waals surface area contributed by atoms with Crippen LogP contribution < -0.4 is 10.6 Å². The molecule has 2 aromatic rings. The minimum Gasteiger partial charge on any atom is -0.369 e. The summed E-state index contributed by atoms with van der Waals surface area (Å²) in [6.07, 6.45) is 2.41. The van der Waals surface area contributed by atoms with Gasteiger partial charge in [0.1, 0.15) is 10.6 Å². The summed E-state index contributed by atoms with van der Waals surface area (Å²) in [6.45, 7) is 8.36. The summed E-state index contributed by atoms with van der Waals surface area (Å²) in [5.41, 5.74) is 0. The van der Waals surface area contributed by atoms with Gasteiger partial charge in [-0.1, -0.05) is 13.8 Å². The average molecular weight is 278 g/mol. The van der Waals surface area contributed by atoms with Gasteiger partial charge in [-0.15, -0.1) is 11.3 Å². The largest absolute Gasteiger partial charge is 0.369 e. The minimum absolute atomic E-state index is 0.712. The Balaban J connectivity index is 2.09. The van der Waals surface area contributed by atoms with E-state index in [1.54, 1.807) is 11.3 Å². The number of fused-ring (bicyclic) bond motifs is 1. The molecule has 0 atom stereocenters. The van der Waals surface area contributed by atoms with E-state index in [0.717, 1.165) is 35.0 Å². The lowest BCUT2D eigenvalue weighted by atomic mass is 10.1. The van der Waals surface area contributed by atoms with Crippen molar-refractivity contribution in [1.82, 2.24) is 9.97 Å². The van der Waals surface area contributed by atoms with Crippen LogP contribution in [0.1, 0.15) is 33.6 Å². The molecule has 0 aromatic carbocycles. The summed E-state index contributed by atoms with van der Waals surface area (Å²) < 4.78 is 0. The molecule has 0 spiro atoms. The molecule has 0 saturated carbocycles. The van der Waals surface area contributed by atoms with Crippen LogP contribution in [0.15, 0.2) is 11.4 Å². The SMILES string of the molecule is CCNc1nc(NCCCC(C)C)c2ccsc2n1. The molecule has 2 N–H and O–H groups in total. The van der Waals surface area contributed by atoms with Crippen LogP contribution in [0.25, 0.3) is 10.2 Å². The Kier molecular flexibility index (Phi) is 4.96. The van der Waals surface area contributed by atoms with Crippen LogP contribution in [0.2, 0.25) is 0 Å². The van der Waals surface area contributed by atoms with Crippen LogP contribution in [0.4, 0.5) is 11.8 Å². The molecule has 0 fully saturated rings. The first-order valence-electron chi connectivity index (χ1n) is 6.93. The highest BCUT2D eigenvalue weighted by Gasteiger charge is 2.08. The van der Waals surface area contributed by atoms with Gasteiger partial charge in [-0.25, -0.2) is 4.98 Å². The molecule has 0 saturated heterocycles. The number of aromatic nitrogens is 2. The second-order valence-corrected chi connectivity index (χ2v) is 5.92. The van der Waals surface area contributed by atoms with Crippen molar-refractivity contribution in [1.29, 1.82) is 0 Å². The van der Waals surface area contributed by atoms with Gasteiger partial charge in [0.2, 0.25) is 5.95 Å². The Hall–Kier alpha value is -1.36. The van der Waals surface area contributed by atoms with Crippen LogP contribution in [0, 0.1) is 5.92 Å². The number of rotatable bonds is 7. The molecule has 4 nitrogen and oxygen atoms in total. The maximum Gasteiger partial charge on any atom is 0.226 e. The molecule has 0 aliphatic carbocycles. The Morgan fingerprint density at radius 2 is 2.11 bits per heavy atom. The Labute approximate surface area is 118 Å². The third-order valence-corrected chi connectivity index (χ3v) is 3.72. The topological polar surface area (TPSA) is 49.8 Å². The molecule has 5 heteroatoms. The normalized spacial score (nSPS) is 11.2. The molecule has 0 aliphatic heterocycles. The second kappa shape index (κ2) is 6.70. The second-order valence-electron chi connectivity index (χ2n) is 5.03. The van der Waals surface area contributed by atoms with Crippen molar-refractivity contribution < 1.29 is 0 Å². The van der Waals surface area contributed by atoms with Gasteiger partial charge in [0.15, 0.2) is 0 Å². The van der Waals surface area contributed by atoms with Gasteiger partial charge < -0.3 is 10.6 Å². The summed E-state index contributed by atoms with van der Waals surface area (Å²) in [7, 11) is 0. The molecule has 0 aliphatic rings. The quantitative estimate of drug-likeness (QED) is 0.752. The van der Waals surface area contributed by atoms with Crippen molar-refractivity contribution in [3.8, 4) is 0 Å². The van der Waals surface area contributed by atoms with E-state index in [2.05, 4.69) is 52.8 Å². The fourth-order valence-corrected chi connectivity index (χ4v) is 2.71. The first-order chi connectivity index (χ1) is 9.20. The fourth-order valence-electron chi connectivity index (χ4n) is 1.94. The number of nitrogens with zero attached hydrogens (tertiary/aromatic N) is 2. The van der Waals surface area contributed by atoms with Crippen LogP contribution in [-0.2, 0) is 0 Å². The van der Waals surface area contributed by atoms with Crippen LogP contribution in [-0.4, -0.2) is 23.1 Å². The van der Waals surface area contributed by atoms with Crippen molar-refractivity contribution in [3.05, 3.63) is 11.4 Å². The number of anilines is 2. The van der Waals surface area contributed by atoms with Crippen LogP contribution >= 0.6 is 11.3 Å². The van der Waals surface area contributed by atoms with Gasteiger partial charge in [0.05, 0.1) is 5.39 Å². The Morgan fingerprint density at radius 1 is 1.26 bits per heavy atom.